The third kappa shape index (κ3) is 12.7. The molecule has 0 aliphatic carbocycles. The molecule has 17 heterocycles. The molecule has 13 aliphatic rings. The number of rotatable bonds is 10. The Kier molecular flexibility index (Phi) is 17.1. The highest BCUT2D eigenvalue weighted by Gasteiger charge is 2.39. The van der Waals surface area contributed by atoms with Gasteiger partial charge in [0, 0.05) is 70.4 Å². The number of nitrogens with zero attached hydrogens (tertiary/aromatic N) is 9. The van der Waals surface area contributed by atoms with Crippen LogP contribution in [0.25, 0.3) is 44.4 Å². The van der Waals surface area contributed by atoms with E-state index in [0.29, 0.717) is 109 Å². The van der Waals surface area contributed by atoms with Gasteiger partial charge in [-0.25, -0.2) is 19.9 Å². The fraction of sp³-hybridized carbons (Fsp3) is 0.515. The lowest BCUT2D eigenvalue weighted by molar-refractivity contribution is 0.0308. The number of fused-ring (bicyclic) bond motifs is 16. The fourth-order valence-corrected chi connectivity index (χ4v) is 15.1. The van der Waals surface area contributed by atoms with Crippen molar-refractivity contribution < 1.29 is 41.6 Å². The second kappa shape index (κ2) is 25.9. The molecule has 22 nitrogen and oxygen atoms in total. The number of piperidine rings is 12. The van der Waals surface area contributed by atoms with Gasteiger partial charge in [0.05, 0.1) is 42.0 Å². The predicted molar refractivity (Wildman–Crippen MR) is 329 cm³/mol. The molecule has 13 fully saturated rings. The Balaban J connectivity index is 0.000000104. The average molecular weight is 1200 g/mol. The van der Waals surface area contributed by atoms with Gasteiger partial charge in [0.15, 0.2) is 41.0 Å². The fourth-order valence-electron chi connectivity index (χ4n) is 15.1. The number of benzene rings is 4. The Morgan fingerprint density at radius 1 is 0.432 bits per heavy atom. The molecule has 21 rings (SSSR count). The van der Waals surface area contributed by atoms with Gasteiger partial charge in [0.1, 0.15) is 22.1 Å². The van der Waals surface area contributed by atoms with E-state index in [1.807, 2.05) is 72.8 Å². The predicted octanol–water partition coefficient (Wildman–Crippen LogP) is 6.75. The highest BCUT2D eigenvalue weighted by atomic mass is 16.5. The molecule has 4 aromatic heterocycles. The third-order valence-electron chi connectivity index (χ3n) is 20.0. The van der Waals surface area contributed by atoms with Crippen LogP contribution in [0.2, 0.25) is 0 Å². The van der Waals surface area contributed by atoms with Crippen LogP contribution in [0.1, 0.15) is 105 Å². The number of nitrogens with one attached hydrogen (secondary N) is 4. The molecule has 462 valence electrons. The lowest BCUT2D eigenvalue weighted by Crippen LogP contribution is -2.57. The summed E-state index contributed by atoms with van der Waals surface area (Å²) >= 11 is 0. The summed E-state index contributed by atoms with van der Waals surface area (Å²) in [5, 5.41) is 12.8. The van der Waals surface area contributed by atoms with Crippen LogP contribution in [0.3, 0.4) is 0 Å². The van der Waals surface area contributed by atoms with Crippen LogP contribution in [-0.4, -0.2) is 197 Å². The van der Waals surface area contributed by atoms with E-state index in [1.165, 1.54) is 117 Å². The summed E-state index contributed by atoms with van der Waals surface area (Å²) in [5.74, 6) is 3.58. The zero-order valence-corrected chi connectivity index (χ0v) is 50.1. The van der Waals surface area contributed by atoms with Crippen LogP contribution >= 0.6 is 0 Å². The molecule has 8 bridgehead atoms. The maximum Gasteiger partial charge on any atom is 0.253 e. The van der Waals surface area contributed by atoms with E-state index >= 15 is 0 Å². The number of amides is 4. The average Bonchev–Trinajstić information content (AvgIpc) is 2.79. The first-order valence-corrected chi connectivity index (χ1v) is 31.9. The molecule has 13 saturated heterocycles. The second-order valence-electron chi connectivity index (χ2n) is 25.4. The molecule has 22 heteroatoms. The van der Waals surface area contributed by atoms with E-state index in [1.54, 1.807) is 6.92 Å². The molecule has 4 unspecified atom stereocenters. The van der Waals surface area contributed by atoms with Crippen molar-refractivity contribution in [2.75, 3.05) is 105 Å². The minimum Gasteiger partial charge on any atom is -0.443 e. The van der Waals surface area contributed by atoms with E-state index in [4.69, 9.17) is 22.4 Å². The van der Waals surface area contributed by atoms with Crippen molar-refractivity contribution in [3.8, 4) is 0 Å². The maximum atomic E-state index is 13.0. The molecule has 13 aliphatic heterocycles. The van der Waals surface area contributed by atoms with Crippen molar-refractivity contribution in [3.63, 3.8) is 0 Å². The molecular weight excluding hydrogens is 1120 g/mol. The molecule has 88 heavy (non-hydrogen) atoms. The first-order chi connectivity index (χ1) is 43.1. The molecule has 4 amide bonds. The lowest BCUT2D eigenvalue weighted by atomic mass is 9.84. The Bertz CT molecular complexity index is 3650. The number of aromatic nitrogens is 4. The monoisotopic (exact) mass is 1200 g/mol. The van der Waals surface area contributed by atoms with E-state index < -0.39 is 0 Å². The summed E-state index contributed by atoms with van der Waals surface area (Å²) in [6, 6.07) is 23.1. The van der Waals surface area contributed by atoms with Crippen LogP contribution in [0.4, 0.5) is 0 Å². The summed E-state index contributed by atoms with van der Waals surface area (Å²) in [6.07, 6.45) is 12.3. The van der Waals surface area contributed by atoms with Crippen LogP contribution < -0.4 is 21.3 Å². The topological polar surface area (TPSA) is 246 Å². The number of carbonyl (C=O) groups is 4. The number of ether oxygens (including phenoxy) is 1. The van der Waals surface area contributed by atoms with Crippen molar-refractivity contribution in [1.82, 2.24) is 65.7 Å². The summed E-state index contributed by atoms with van der Waals surface area (Å²) in [7, 11) is 0. The summed E-state index contributed by atoms with van der Waals surface area (Å²) in [6.45, 7) is 19.0. The number of oxazole rings is 4. The molecule has 8 aromatic rings. The van der Waals surface area contributed by atoms with Gasteiger partial charge in [0.2, 0.25) is 5.89 Å². The normalized spacial score (nSPS) is 28.5. The van der Waals surface area contributed by atoms with Crippen molar-refractivity contribution in [3.05, 3.63) is 120 Å². The maximum absolute atomic E-state index is 13.0. The number of hydrogen-bond acceptors (Lipinski definition) is 18. The van der Waals surface area contributed by atoms with Crippen molar-refractivity contribution in [2.45, 2.75) is 89.0 Å². The number of para-hydroxylation sites is 4. The van der Waals surface area contributed by atoms with Gasteiger partial charge in [-0.1, -0.05) is 24.3 Å². The Hall–Kier alpha value is -7.60. The quantitative estimate of drug-likeness (QED) is 0.111. The van der Waals surface area contributed by atoms with E-state index in [2.05, 4.69) is 65.7 Å². The number of hydrogen-bond donors (Lipinski definition) is 4. The lowest BCUT2D eigenvalue weighted by Gasteiger charge is -2.44. The van der Waals surface area contributed by atoms with Gasteiger partial charge < -0.3 is 63.3 Å². The Labute approximate surface area is 510 Å². The first-order valence-electron chi connectivity index (χ1n) is 31.9. The molecule has 0 radical (unpaired) electrons. The SMILES string of the molecule is Cc1nc2c(C(=O)NC3CN4CCC3CC4)cccc2o1.O=C(NC1CN2CCC1CC2)c1cccc2oc(CN3CCOCC3)nc12.O=C(NC1CN2CCC1CC2)c1cccc2ocnc12.O=C(NC1CN2CCC1CC2)c1cccc2ocnc12. The minimum absolute atomic E-state index is 0.0346. The largest absolute Gasteiger partial charge is 0.443 e. The van der Waals surface area contributed by atoms with Crippen LogP contribution in [0, 0.1) is 30.6 Å². The first kappa shape index (κ1) is 58.1. The Morgan fingerprint density at radius 3 is 1.14 bits per heavy atom. The molecule has 4 aromatic carbocycles. The van der Waals surface area contributed by atoms with Gasteiger partial charge in [0.25, 0.3) is 23.6 Å². The van der Waals surface area contributed by atoms with Crippen molar-refractivity contribution in [2.24, 2.45) is 23.7 Å². The van der Waals surface area contributed by atoms with Crippen molar-refractivity contribution >= 4 is 68.0 Å². The third-order valence-corrected chi connectivity index (χ3v) is 20.0. The van der Waals surface area contributed by atoms with Gasteiger partial charge in [-0.05, 0) is 176 Å². The zero-order chi connectivity index (χ0) is 59.7. The van der Waals surface area contributed by atoms with Gasteiger partial charge in [-0.3, -0.25) is 24.1 Å². The van der Waals surface area contributed by atoms with Crippen molar-refractivity contribution in [1.29, 1.82) is 0 Å². The van der Waals surface area contributed by atoms with E-state index in [9.17, 15) is 19.2 Å². The molecule has 4 atom stereocenters. The summed E-state index contributed by atoms with van der Waals surface area (Å²) < 4.78 is 27.3. The van der Waals surface area contributed by atoms with Crippen LogP contribution in [0.15, 0.2) is 103 Å². The molecule has 0 spiro atoms. The number of aryl methyl sites for hydroxylation is 1. The van der Waals surface area contributed by atoms with Crippen LogP contribution in [-0.2, 0) is 11.3 Å². The Morgan fingerprint density at radius 2 is 0.773 bits per heavy atom. The molecule has 0 saturated carbocycles. The van der Waals surface area contributed by atoms with E-state index in [-0.39, 0.29) is 47.8 Å². The molecular formula is C66H79N13O9. The summed E-state index contributed by atoms with van der Waals surface area (Å²) in [4.78, 5) is 79.8. The van der Waals surface area contributed by atoms with Crippen LogP contribution in [0.5, 0.6) is 0 Å². The standard InChI is InChI=1S/C20H26N4O3.C16H19N3O2.2C15H17N3O2/c25-20(21-16-12-23-6-4-14(16)5-7-23)15-2-1-3-17-19(15)22-18(27-17)13-24-8-10-26-11-9-24;1-10-17-15-12(3-2-4-14(15)21-10)16(20)18-13-9-19-7-5-11(13)6-8-19;2*19-15(11-2-1-3-13-14(11)16-9-20-13)17-12-8-18-6-4-10(12)5-7-18/h1-3,14,16H,4-13H2,(H,21,25);2-4,11,13H,5-9H2,1H3,(H,18,20);2*1-3,9-10,12H,4-8H2,(H,17,19). The highest BCUT2D eigenvalue weighted by Crippen LogP contribution is 2.33. The number of carbonyl (C=O) groups excluding carboxylic acids is 4. The second-order valence-corrected chi connectivity index (χ2v) is 25.4. The minimum atomic E-state index is -0.0387. The summed E-state index contributed by atoms with van der Waals surface area (Å²) in [5.41, 5.74) is 7.72. The van der Waals surface area contributed by atoms with Gasteiger partial charge >= 0.3 is 0 Å². The smallest absolute Gasteiger partial charge is 0.253 e. The van der Waals surface area contributed by atoms with Gasteiger partial charge in [-0.15, -0.1) is 0 Å². The van der Waals surface area contributed by atoms with Gasteiger partial charge in [-0.2, -0.15) is 0 Å². The van der Waals surface area contributed by atoms with E-state index in [0.717, 1.165) is 52.5 Å². The molecule has 4 N–H and O–H groups in total. The zero-order valence-electron chi connectivity index (χ0n) is 50.1. The number of morpholine rings is 1. The highest BCUT2D eigenvalue weighted by molar-refractivity contribution is 6.06.